The zero-order valence-electron chi connectivity index (χ0n) is 12.6. The molecular weight excluding hydrogens is 290 g/mol. The van der Waals surface area contributed by atoms with Crippen LogP contribution in [-0.4, -0.2) is 26.1 Å². The van der Waals surface area contributed by atoms with Crippen LogP contribution in [0.15, 0.2) is 17.1 Å². The molecule has 0 spiro atoms. The summed E-state index contributed by atoms with van der Waals surface area (Å²) in [6.45, 7) is 7.75. The first-order valence-electron chi connectivity index (χ1n) is 7.09. The van der Waals surface area contributed by atoms with Crippen LogP contribution in [-0.2, 0) is 13.1 Å². The van der Waals surface area contributed by atoms with Crippen molar-refractivity contribution in [1.29, 1.82) is 0 Å². The molecule has 0 bridgehead atoms. The monoisotopic (exact) mass is 309 g/mol. The Kier molecular flexibility index (Phi) is 5.01. The predicted octanol–water partition coefficient (Wildman–Crippen LogP) is 2.29. The van der Waals surface area contributed by atoms with Gasteiger partial charge in [0.15, 0.2) is 0 Å². The summed E-state index contributed by atoms with van der Waals surface area (Å²) in [6, 6.07) is 1.55. The maximum atomic E-state index is 12.1. The number of hydrogen-bond donors (Lipinski definition) is 1. The molecule has 0 atom stereocenters. The van der Waals surface area contributed by atoms with Gasteiger partial charge in [0, 0.05) is 19.2 Å². The third-order valence-electron chi connectivity index (χ3n) is 3.20. The fraction of sp³-hybridized carbons (Fsp3) is 0.500. The van der Waals surface area contributed by atoms with Gasteiger partial charge in [0.1, 0.15) is 0 Å². The average Bonchev–Trinajstić information content (AvgIpc) is 2.75. The normalized spacial score (nSPS) is 10.9. The molecule has 0 radical (unpaired) electrons. The van der Waals surface area contributed by atoms with E-state index < -0.39 is 0 Å². The Bertz CT molecular complexity index is 676. The van der Waals surface area contributed by atoms with Gasteiger partial charge in [0.25, 0.3) is 5.56 Å². The molecule has 7 heteroatoms. The lowest BCUT2D eigenvalue weighted by Gasteiger charge is -2.09. The van der Waals surface area contributed by atoms with Crippen molar-refractivity contribution in [2.45, 2.75) is 40.3 Å². The largest absolute Gasteiger partial charge is 0.384 e. The molecule has 0 aliphatic carbocycles. The van der Waals surface area contributed by atoms with E-state index in [2.05, 4.69) is 22.4 Å². The lowest BCUT2D eigenvalue weighted by atomic mass is 10.3. The highest BCUT2D eigenvalue weighted by Crippen LogP contribution is 2.20. The van der Waals surface area contributed by atoms with E-state index in [9.17, 15) is 4.79 Å². The van der Waals surface area contributed by atoms with Crippen molar-refractivity contribution < 1.29 is 0 Å². The lowest BCUT2D eigenvalue weighted by Crippen LogP contribution is -2.24. The molecule has 2 aromatic heterocycles. The van der Waals surface area contributed by atoms with E-state index in [4.69, 9.17) is 11.6 Å². The summed E-state index contributed by atoms with van der Waals surface area (Å²) in [6.07, 6.45) is 2.65. The minimum Gasteiger partial charge on any atom is -0.384 e. The van der Waals surface area contributed by atoms with Crippen LogP contribution in [0.2, 0.25) is 5.02 Å². The van der Waals surface area contributed by atoms with Crippen molar-refractivity contribution in [3.63, 3.8) is 0 Å². The van der Waals surface area contributed by atoms with Crippen molar-refractivity contribution in [2.75, 3.05) is 11.9 Å². The number of aromatic nitrogens is 4. The molecule has 0 fully saturated rings. The van der Waals surface area contributed by atoms with Gasteiger partial charge in [-0.2, -0.15) is 10.2 Å². The quantitative estimate of drug-likeness (QED) is 0.889. The Morgan fingerprint density at radius 2 is 2.10 bits per heavy atom. The fourth-order valence-corrected chi connectivity index (χ4v) is 2.28. The smallest absolute Gasteiger partial charge is 0.269 e. The van der Waals surface area contributed by atoms with Gasteiger partial charge in [-0.3, -0.25) is 9.48 Å². The molecule has 21 heavy (non-hydrogen) atoms. The van der Waals surface area contributed by atoms with Crippen LogP contribution in [0, 0.1) is 6.92 Å². The molecular formula is C14H20ClN5O. The standard InChI is InChI=1S/C14H20ClN5O/c1-4-6-16-11-7-13(21)20(17-8-11)9-12-14(15)10(3)18-19(12)5-2/h7-8,16H,4-6,9H2,1-3H3. The van der Waals surface area contributed by atoms with Gasteiger partial charge in [-0.1, -0.05) is 18.5 Å². The predicted molar refractivity (Wildman–Crippen MR) is 84.0 cm³/mol. The van der Waals surface area contributed by atoms with Gasteiger partial charge in [0.2, 0.25) is 0 Å². The summed E-state index contributed by atoms with van der Waals surface area (Å²) in [5.41, 5.74) is 2.15. The first-order chi connectivity index (χ1) is 10.1. The van der Waals surface area contributed by atoms with Crippen LogP contribution < -0.4 is 10.9 Å². The number of hydrogen-bond acceptors (Lipinski definition) is 4. The first kappa shape index (κ1) is 15.6. The number of nitrogens with zero attached hydrogens (tertiary/aromatic N) is 4. The van der Waals surface area contributed by atoms with Gasteiger partial charge < -0.3 is 5.32 Å². The molecule has 0 amide bonds. The van der Waals surface area contributed by atoms with Crippen LogP contribution in [0.3, 0.4) is 0 Å². The zero-order chi connectivity index (χ0) is 15.4. The maximum absolute atomic E-state index is 12.1. The summed E-state index contributed by atoms with van der Waals surface area (Å²) >= 11 is 6.26. The minimum absolute atomic E-state index is 0.159. The van der Waals surface area contributed by atoms with E-state index >= 15 is 0 Å². The fourth-order valence-electron chi connectivity index (χ4n) is 2.08. The molecule has 2 aromatic rings. The van der Waals surface area contributed by atoms with Crippen molar-refractivity contribution in [2.24, 2.45) is 0 Å². The Morgan fingerprint density at radius 3 is 2.71 bits per heavy atom. The molecule has 6 nitrogen and oxygen atoms in total. The van der Waals surface area contributed by atoms with E-state index in [1.807, 2.05) is 13.8 Å². The van der Waals surface area contributed by atoms with Crippen LogP contribution in [0.1, 0.15) is 31.7 Å². The van der Waals surface area contributed by atoms with Gasteiger partial charge in [-0.15, -0.1) is 0 Å². The molecule has 2 heterocycles. The molecule has 1 N–H and O–H groups in total. The summed E-state index contributed by atoms with van der Waals surface area (Å²) in [7, 11) is 0. The van der Waals surface area contributed by atoms with Crippen molar-refractivity contribution in [1.82, 2.24) is 19.6 Å². The lowest BCUT2D eigenvalue weighted by molar-refractivity contribution is 0.559. The summed E-state index contributed by atoms with van der Waals surface area (Å²) in [4.78, 5) is 12.1. The number of halogens is 1. The van der Waals surface area contributed by atoms with Crippen molar-refractivity contribution in [3.05, 3.63) is 39.0 Å². The molecule has 0 unspecified atom stereocenters. The first-order valence-corrected chi connectivity index (χ1v) is 7.47. The maximum Gasteiger partial charge on any atom is 0.269 e. The van der Waals surface area contributed by atoms with E-state index in [1.54, 1.807) is 16.9 Å². The second-order valence-corrected chi connectivity index (χ2v) is 5.21. The van der Waals surface area contributed by atoms with E-state index in [0.29, 0.717) is 18.1 Å². The van der Waals surface area contributed by atoms with Gasteiger partial charge in [0.05, 0.1) is 34.8 Å². The Labute approximate surface area is 128 Å². The van der Waals surface area contributed by atoms with Gasteiger partial charge in [-0.05, 0) is 20.3 Å². The van der Waals surface area contributed by atoms with E-state index in [1.165, 1.54) is 4.68 Å². The molecule has 0 saturated heterocycles. The number of rotatable bonds is 6. The molecule has 2 rings (SSSR count). The number of nitrogens with one attached hydrogen (secondary N) is 1. The van der Waals surface area contributed by atoms with E-state index in [-0.39, 0.29) is 5.56 Å². The van der Waals surface area contributed by atoms with Gasteiger partial charge >= 0.3 is 0 Å². The van der Waals surface area contributed by atoms with Crippen LogP contribution >= 0.6 is 11.6 Å². The number of anilines is 1. The minimum atomic E-state index is -0.159. The third kappa shape index (κ3) is 3.44. The van der Waals surface area contributed by atoms with Crippen molar-refractivity contribution in [3.8, 4) is 0 Å². The van der Waals surface area contributed by atoms with Crippen LogP contribution in [0.5, 0.6) is 0 Å². The second-order valence-electron chi connectivity index (χ2n) is 4.83. The van der Waals surface area contributed by atoms with E-state index in [0.717, 1.165) is 30.0 Å². The third-order valence-corrected chi connectivity index (χ3v) is 3.69. The van der Waals surface area contributed by atoms with Crippen molar-refractivity contribution >= 4 is 17.3 Å². The molecule has 114 valence electrons. The molecule has 0 saturated carbocycles. The highest BCUT2D eigenvalue weighted by atomic mass is 35.5. The second kappa shape index (κ2) is 6.76. The Morgan fingerprint density at radius 1 is 1.33 bits per heavy atom. The summed E-state index contributed by atoms with van der Waals surface area (Å²) < 4.78 is 3.20. The topological polar surface area (TPSA) is 64.7 Å². The summed E-state index contributed by atoms with van der Waals surface area (Å²) in [5, 5.41) is 12.3. The molecule has 0 aliphatic rings. The summed E-state index contributed by atoms with van der Waals surface area (Å²) in [5.74, 6) is 0. The van der Waals surface area contributed by atoms with Crippen LogP contribution in [0.4, 0.5) is 5.69 Å². The average molecular weight is 310 g/mol. The van der Waals surface area contributed by atoms with Gasteiger partial charge in [-0.25, -0.2) is 4.68 Å². The van der Waals surface area contributed by atoms with Crippen LogP contribution in [0.25, 0.3) is 0 Å². The molecule has 0 aliphatic heterocycles. The zero-order valence-corrected chi connectivity index (χ0v) is 13.3. The Hall–Kier alpha value is -1.82. The highest BCUT2D eigenvalue weighted by molar-refractivity contribution is 6.31. The Balaban J connectivity index is 2.26. The molecule has 0 aromatic carbocycles. The highest BCUT2D eigenvalue weighted by Gasteiger charge is 2.14. The SMILES string of the molecule is CCCNc1cnn(Cc2c(Cl)c(C)nn2CC)c(=O)c1. The number of aryl methyl sites for hydroxylation is 2.